The molecule has 0 aromatic heterocycles. The molecule has 0 saturated carbocycles. The van der Waals surface area contributed by atoms with Crippen LogP contribution < -0.4 is 4.74 Å². The molecule has 1 heterocycles. The van der Waals surface area contributed by atoms with Gasteiger partial charge in [0.15, 0.2) is 0 Å². The van der Waals surface area contributed by atoms with E-state index in [9.17, 15) is 4.79 Å². The largest absolute Gasteiger partial charge is 0.493 e. The van der Waals surface area contributed by atoms with Crippen molar-refractivity contribution in [1.29, 1.82) is 0 Å². The number of ether oxygens (including phenoxy) is 1. The Morgan fingerprint density at radius 3 is 2.37 bits per heavy atom. The molecule has 0 aliphatic carbocycles. The lowest BCUT2D eigenvalue weighted by Crippen LogP contribution is -2.49. The van der Waals surface area contributed by atoms with Crippen LogP contribution >= 0.6 is 11.6 Å². The van der Waals surface area contributed by atoms with Crippen molar-refractivity contribution in [2.75, 3.05) is 39.4 Å². The van der Waals surface area contributed by atoms with Gasteiger partial charge in [-0.25, -0.2) is 0 Å². The molecule has 1 N–H and O–H groups in total. The van der Waals surface area contributed by atoms with E-state index in [0.717, 1.165) is 24.4 Å². The highest BCUT2D eigenvalue weighted by atomic mass is 35.5. The van der Waals surface area contributed by atoms with Crippen molar-refractivity contribution in [3.8, 4) is 5.75 Å². The number of rotatable bonds is 7. The van der Waals surface area contributed by atoms with Crippen LogP contribution in [0.3, 0.4) is 0 Å². The van der Waals surface area contributed by atoms with Gasteiger partial charge in [0, 0.05) is 55.8 Å². The van der Waals surface area contributed by atoms with Gasteiger partial charge in [-0.05, 0) is 67.8 Å². The number of nitrogens with zero attached hydrogens (tertiary/aromatic N) is 2. The van der Waals surface area contributed by atoms with Crippen LogP contribution in [-0.4, -0.2) is 60.2 Å². The van der Waals surface area contributed by atoms with Gasteiger partial charge in [-0.15, -0.1) is 0 Å². The van der Waals surface area contributed by atoms with E-state index in [-0.39, 0.29) is 18.6 Å². The summed E-state index contributed by atoms with van der Waals surface area (Å²) in [6.45, 7) is 10.2. The van der Waals surface area contributed by atoms with Crippen molar-refractivity contribution in [3.05, 3.63) is 63.7 Å². The Morgan fingerprint density at radius 2 is 1.73 bits per heavy atom. The quantitative estimate of drug-likeness (QED) is 0.667. The van der Waals surface area contributed by atoms with Gasteiger partial charge in [0.25, 0.3) is 5.91 Å². The smallest absolute Gasteiger partial charge is 0.253 e. The normalized spacial score (nSPS) is 15.8. The first-order valence-electron chi connectivity index (χ1n) is 10.5. The van der Waals surface area contributed by atoms with Gasteiger partial charge in [-0.3, -0.25) is 9.69 Å². The highest BCUT2D eigenvalue weighted by Crippen LogP contribution is 2.31. The highest BCUT2D eigenvalue weighted by Gasteiger charge is 2.26. The lowest BCUT2D eigenvalue weighted by molar-refractivity contribution is 0.0581. The molecule has 0 radical (unpaired) electrons. The first-order valence-corrected chi connectivity index (χ1v) is 10.9. The van der Waals surface area contributed by atoms with Crippen LogP contribution in [0.4, 0.5) is 0 Å². The average molecular weight is 431 g/mol. The van der Waals surface area contributed by atoms with Gasteiger partial charge in [-0.2, -0.15) is 0 Å². The molecule has 1 aliphatic rings. The van der Waals surface area contributed by atoms with Crippen LogP contribution in [0.5, 0.6) is 5.75 Å². The monoisotopic (exact) mass is 430 g/mol. The van der Waals surface area contributed by atoms with Crippen molar-refractivity contribution >= 4 is 17.5 Å². The first kappa shape index (κ1) is 22.6. The van der Waals surface area contributed by atoms with E-state index < -0.39 is 0 Å². The number of halogens is 1. The molecule has 1 aliphatic heterocycles. The predicted octanol–water partition coefficient (Wildman–Crippen LogP) is 4.24. The Kier molecular flexibility index (Phi) is 7.75. The zero-order valence-electron chi connectivity index (χ0n) is 18.0. The van der Waals surface area contributed by atoms with Gasteiger partial charge in [0.2, 0.25) is 0 Å². The van der Waals surface area contributed by atoms with E-state index in [0.29, 0.717) is 36.7 Å². The second-order valence-electron chi connectivity index (χ2n) is 7.84. The van der Waals surface area contributed by atoms with Crippen molar-refractivity contribution in [1.82, 2.24) is 9.80 Å². The Hall–Kier alpha value is -2.08. The zero-order chi connectivity index (χ0) is 21.7. The minimum Gasteiger partial charge on any atom is -0.493 e. The third-order valence-corrected chi connectivity index (χ3v) is 6.28. The Balaban J connectivity index is 1.62. The van der Waals surface area contributed by atoms with Crippen molar-refractivity contribution in [2.45, 2.75) is 33.2 Å². The molecule has 1 atom stereocenters. The van der Waals surface area contributed by atoms with E-state index in [1.165, 1.54) is 11.1 Å². The fraction of sp³-hybridized carbons (Fsp3) is 0.458. The second kappa shape index (κ2) is 10.3. The van der Waals surface area contributed by atoms with Crippen LogP contribution in [-0.2, 0) is 0 Å². The number of aliphatic hydroxyl groups excluding tert-OH is 1. The molecule has 6 heteroatoms. The Bertz CT molecular complexity index is 861. The maximum Gasteiger partial charge on any atom is 0.253 e. The molecule has 0 bridgehead atoms. The van der Waals surface area contributed by atoms with Crippen LogP contribution in [0.1, 0.15) is 46.4 Å². The minimum atomic E-state index is 0.0652. The fourth-order valence-electron chi connectivity index (χ4n) is 3.96. The Labute approximate surface area is 184 Å². The minimum absolute atomic E-state index is 0.0652. The summed E-state index contributed by atoms with van der Waals surface area (Å²) in [7, 11) is 0. The average Bonchev–Trinajstić information content (AvgIpc) is 2.76. The number of piperazine rings is 1. The van der Waals surface area contributed by atoms with Gasteiger partial charge < -0.3 is 14.7 Å². The third-order valence-electron chi connectivity index (χ3n) is 6.03. The molecule has 0 spiro atoms. The summed E-state index contributed by atoms with van der Waals surface area (Å²) in [4.78, 5) is 17.1. The molecule has 30 heavy (non-hydrogen) atoms. The van der Waals surface area contributed by atoms with Gasteiger partial charge in [0.1, 0.15) is 5.75 Å². The number of hydrogen-bond donors (Lipinski definition) is 1. The molecule has 2 aromatic carbocycles. The standard InChI is InChI=1S/C24H31ClN2O3/c1-17-18(2)23(30-16-4-15-28)10-9-22(17)19(3)26-11-13-27(14-12-26)24(29)20-5-7-21(25)8-6-20/h5-10,19,28H,4,11-16H2,1-3H3. The number of hydrogen-bond acceptors (Lipinski definition) is 4. The van der Waals surface area contributed by atoms with E-state index in [1.807, 2.05) is 11.0 Å². The second-order valence-corrected chi connectivity index (χ2v) is 8.28. The van der Waals surface area contributed by atoms with Gasteiger partial charge in [-0.1, -0.05) is 17.7 Å². The van der Waals surface area contributed by atoms with Gasteiger partial charge >= 0.3 is 0 Å². The fourth-order valence-corrected chi connectivity index (χ4v) is 4.08. The highest BCUT2D eigenvalue weighted by molar-refractivity contribution is 6.30. The molecule has 3 rings (SSSR count). The summed E-state index contributed by atoms with van der Waals surface area (Å²) in [6, 6.07) is 11.5. The lowest BCUT2D eigenvalue weighted by atomic mass is 9.96. The van der Waals surface area contributed by atoms with E-state index >= 15 is 0 Å². The van der Waals surface area contributed by atoms with Crippen molar-refractivity contribution < 1.29 is 14.6 Å². The molecule has 1 saturated heterocycles. The van der Waals surface area contributed by atoms with E-state index in [4.69, 9.17) is 21.4 Å². The van der Waals surface area contributed by atoms with Crippen LogP contribution in [0.2, 0.25) is 5.02 Å². The maximum absolute atomic E-state index is 12.7. The summed E-state index contributed by atoms with van der Waals surface area (Å²) in [6.07, 6.45) is 0.635. The van der Waals surface area contributed by atoms with Crippen molar-refractivity contribution in [2.24, 2.45) is 0 Å². The van der Waals surface area contributed by atoms with Crippen LogP contribution in [0, 0.1) is 13.8 Å². The van der Waals surface area contributed by atoms with Gasteiger partial charge in [0.05, 0.1) is 6.61 Å². The number of carbonyl (C=O) groups is 1. The van der Waals surface area contributed by atoms with Crippen molar-refractivity contribution in [3.63, 3.8) is 0 Å². The predicted molar refractivity (Wildman–Crippen MR) is 120 cm³/mol. The van der Waals surface area contributed by atoms with Crippen LogP contribution in [0.25, 0.3) is 0 Å². The zero-order valence-corrected chi connectivity index (χ0v) is 18.8. The first-order chi connectivity index (χ1) is 14.4. The molecule has 1 unspecified atom stereocenters. The summed E-state index contributed by atoms with van der Waals surface area (Å²) >= 11 is 5.93. The summed E-state index contributed by atoms with van der Waals surface area (Å²) in [5, 5.41) is 9.58. The number of amides is 1. The molecule has 162 valence electrons. The third kappa shape index (κ3) is 5.15. The lowest BCUT2D eigenvalue weighted by Gasteiger charge is -2.39. The molecular formula is C24H31ClN2O3. The van der Waals surface area contributed by atoms with E-state index in [2.05, 4.69) is 31.7 Å². The molecule has 5 nitrogen and oxygen atoms in total. The molecule has 1 fully saturated rings. The summed E-state index contributed by atoms with van der Waals surface area (Å²) in [5.74, 6) is 0.950. The van der Waals surface area contributed by atoms with Crippen LogP contribution in [0.15, 0.2) is 36.4 Å². The number of benzene rings is 2. The molecule has 2 aromatic rings. The number of aliphatic hydroxyl groups is 1. The SMILES string of the molecule is Cc1c(OCCCO)ccc(C(C)N2CCN(C(=O)c3ccc(Cl)cc3)CC2)c1C. The summed E-state index contributed by atoms with van der Waals surface area (Å²) in [5.41, 5.74) is 4.36. The number of carbonyl (C=O) groups excluding carboxylic acids is 1. The topological polar surface area (TPSA) is 53.0 Å². The Morgan fingerprint density at radius 1 is 1.07 bits per heavy atom. The van der Waals surface area contributed by atoms with E-state index in [1.54, 1.807) is 24.3 Å². The molecular weight excluding hydrogens is 400 g/mol. The maximum atomic E-state index is 12.7. The molecule has 1 amide bonds. The summed E-state index contributed by atoms with van der Waals surface area (Å²) < 4.78 is 5.80.